The van der Waals surface area contributed by atoms with Crippen LogP contribution < -0.4 is 19.7 Å². The third-order valence-corrected chi connectivity index (χ3v) is 6.45. The largest absolute Gasteiger partial charge is 0.497 e. The lowest BCUT2D eigenvalue weighted by Crippen LogP contribution is -2.43. The molecule has 9 nitrogen and oxygen atoms in total. The van der Waals surface area contributed by atoms with E-state index in [1.54, 1.807) is 13.2 Å². The number of ether oxygens (including phenoxy) is 2. The molecule has 10 heteroatoms. The molecule has 0 unspecified atom stereocenters. The number of rotatable bonds is 8. The fourth-order valence-corrected chi connectivity index (χ4v) is 4.65. The van der Waals surface area contributed by atoms with E-state index in [0.29, 0.717) is 28.1 Å². The number of hydrogen-bond acceptors (Lipinski definition) is 7. The lowest BCUT2D eigenvalue weighted by atomic mass is 10.2. The van der Waals surface area contributed by atoms with Gasteiger partial charge >= 0.3 is 0 Å². The molecule has 4 aromatic rings. The molecule has 0 fully saturated rings. The number of carbonyl (C=O) groups excluding carboxylic acids is 2. The summed E-state index contributed by atoms with van der Waals surface area (Å²) in [5.41, 5.74) is 2.16. The summed E-state index contributed by atoms with van der Waals surface area (Å²) in [4.78, 5) is 26.8. The zero-order chi connectivity index (χ0) is 24.9. The average Bonchev–Trinajstić information content (AvgIpc) is 3.33. The summed E-state index contributed by atoms with van der Waals surface area (Å²) in [5.74, 6) is 1.68. The van der Waals surface area contributed by atoms with Crippen molar-refractivity contribution < 1.29 is 19.1 Å². The van der Waals surface area contributed by atoms with E-state index in [4.69, 9.17) is 9.47 Å². The highest BCUT2D eigenvalue weighted by molar-refractivity contribution is 7.99. The predicted octanol–water partition coefficient (Wildman–Crippen LogP) is 3.93. The van der Waals surface area contributed by atoms with Crippen molar-refractivity contribution in [1.29, 1.82) is 0 Å². The van der Waals surface area contributed by atoms with Crippen molar-refractivity contribution in [3.8, 4) is 17.2 Å². The number of nitrogens with one attached hydrogen (secondary N) is 1. The Bertz CT molecular complexity index is 1370. The van der Waals surface area contributed by atoms with Crippen LogP contribution in [0.5, 0.6) is 11.5 Å². The van der Waals surface area contributed by atoms with Crippen LogP contribution in [0.3, 0.4) is 0 Å². The minimum Gasteiger partial charge on any atom is -0.497 e. The van der Waals surface area contributed by atoms with Crippen molar-refractivity contribution >= 4 is 35.0 Å². The van der Waals surface area contributed by atoms with E-state index >= 15 is 0 Å². The topological polar surface area (TPSA) is 98.6 Å². The van der Waals surface area contributed by atoms with Gasteiger partial charge in [0.15, 0.2) is 11.0 Å². The molecule has 2 amide bonds. The van der Waals surface area contributed by atoms with Crippen LogP contribution in [0.4, 0.5) is 11.4 Å². The quantitative estimate of drug-likeness (QED) is 0.365. The number of nitrogens with zero attached hydrogens (tertiary/aromatic N) is 4. The Balaban J connectivity index is 1.34. The van der Waals surface area contributed by atoms with E-state index in [9.17, 15) is 9.59 Å². The van der Waals surface area contributed by atoms with Gasteiger partial charge in [-0.3, -0.25) is 14.2 Å². The van der Waals surface area contributed by atoms with Crippen molar-refractivity contribution in [2.24, 2.45) is 0 Å². The maximum atomic E-state index is 13.1. The van der Waals surface area contributed by atoms with Crippen LogP contribution in [0.1, 0.15) is 5.82 Å². The highest BCUT2D eigenvalue weighted by Gasteiger charge is 2.27. The number of benzene rings is 3. The highest BCUT2D eigenvalue weighted by Crippen LogP contribution is 2.30. The minimum atomic E-state index is -0.225. The molecule has 0 aliphatic carbocycles. The summed E-state index contributed by atoms with van der Waals surface area (Å²) in [7, 11) is 1.61. The molecule has 1 aliphatic heterocycles. The molecular formula is C26H23N5O4S. The number of para-hydroxylation sites is 3. The number of anilines is 2. The molecule has 1 N–H and O–H groups in total. The first-order chi connectivity index (χ1) is 17.6. The van der Waals surface area contributed by atoms with Crippen LogP contribution in [0.2, 0.25) is 0 Å². The fourth-order valence-electron chi connectivity index (χ4n) is 3.80. The van der Waals surface area contributed by atoms with Gasteiger partial charge in [0.1, 0.15) is 24.7 Å². The van der Waals surface area contributed by atoms with Gasteiger partial charge in [-0.1, -0.05) is 42.1 Å². The SMILES string of the molecule is COc1ccc(OCc2nnc(SCC(=O)N3CC(=O)Nc4ccccc43)n2-c2ccccc2)cc1. The maximum absolute atomic E-state index is 13.1. The second-order valence-electron chi connectivity index (χ2n) is 7.87. The lowest BCUT2D eigenvalue weighted by molar-refractivity contribution is -0.120. The van der Waals surface area contributed by atoms with Gasteiger partial charge in [0, 0.05) is 5.69 Å². The Morgan fingerprint density at radius 3 is 2.47 bits per heavy atom. The molecule has 1 aromatic heterocycles. The van der Waals surface area contributed by atoms with E-state index in [1.165, 1.54) is 16.7 Å². The average molecular weight is 502 g/mol. The first kappa shape index (κ1) is 23.4. The van der Waals surface area contributed by atoms with Crippen molar-refractivity contribution in [3.63, 3.8) is 0 Å². The number of amides is 2. The fraction of sp³-hybridized carbons (Fsp3) is 0.154. The molecule has 2 heterocycles. The van der Waals surface area contributed by atoms with E-state index in [-0.39, 0.29) is 30.7 Å². The molecule has 0 radical (unpaired) electrons. The second kappa shape index (κ2) is 10.5. The van der Waals surface area contributed by atoms with Crippen molar-refractivity contribution in [2.45, 2.75) is 11.8 Å². The molecule has 3 aromatic carbocycles. The smallest absolute Gasteiger partial charge is 0.244 e. The number of thioether (sulfide) groups is 1. The first-order valence-electron chi connectivity index (χ1n) is 11.2. The molecule has 0 bridgehead atoms. The van der Waals surface area contributed by atoms with Gasteiger partial charge in [-0.05, 0) is 48.5 Å². The molecule has 0 saturated carbocycles. The third kappa shape index (κ3) is 5.03. The van der Waals surface area contributed by atoms with Gasteiger partial charge in [0.2, 0.25) is 11.8 Å². The third-order valence-electron chi connectivity index (χ3n) is 5.54. The van der Waals surface area contributed by atoms with E-state index < -0.39 is 0 Å². The summed E-state index contributed by atoms with van der Waals surface area (Å²) in [5, 5.41) is 12.0. The summed E-state index contributed by atoms with van der Waals surface area (Å²) in [6.45, 7) is 0.158. The van der Waals surface area contributed by atoms with Gasteiger partial charge in [-0.15, -0.1) is 10.2 Å². The van der Waals surface area contributed by atoms with Crippen LogP contribution in [0.15, 0.2) is 84.0 Å². The lowest BCUT2D eigenvalue weighted by Gasteiger charge is -2.29. The van der Waals surface area contributed by atoms with E-state index in [1.807, 2.05) is 77.4 Å². The summed E-state index contributed by atoms with van der Waals surface area (Å²) >= 11 is 1.26. The molecule has 182 valence electrons. The second-order valence-corrected chi connectivity index (χ2v) is 8.81. The van der Waals surface area contributed by atoms with Crippen LogP contribution >= 0.6 is 11.8 Å². The first-order valence-corrected chi connectivity index (χ1v) is 12.2. The Morgan fingerprint density at radius 2 is 1.69 bits per heavy atom. The van der Waals surface area contributed by atoms with E-state index in [2.05, 4.69) is 15.5 Å². The minimum absolute atomic E-state index is 0.0251. The van der Waals surface area contributed by atoms with Crippen molar-refractivity contribution in [3.05, 3.63) is 84.7 Å². The zero-order valence-corrected chi connectivity index (χ0v) is 20.3. The number of methoxy groups -OCH3 is 1. The standard InChI is InChI=1S/C26H23N5O4S/c1-34-19-11-13-20(14-12-19)35-16-23-28-29-26(31(23)18-7-3-2-4-8-18)36-17-25(33)30-15-24(32)27-21-9-5-6-10-22(21)30/h2-14H,15-17H2,1H3,(H,27,32). The number of hydrogen-bond donors (Lipinski definition) is 1. The number of fused-ring (bicyclic) bond motifs is 1. The monoisotopic (exact) mass is 501 g/mol. The van der Waals surface area contributed by atoms with Crippen LogP contribution in [-0.4, -0.2) is 46.0 Å². The van der Waals surface area contributed by atoms with Crippen LogP contribution in [0.25, 0.3) is 5.69 Å². The highest BCUT2D eigenvalue weighted by atomic mass is 32.2. The molecule has 0 saturated heterocycles. The maximum Gasteiger partial charge on any atom is 0.244 e. The molecule has 0 atom stereocenters. The number of carbonyl (C=O) groups is 2. The normalized spacial score (nSPS) is 12.6. The Hall–Kier alpha value is -4.31. The summed E-state index contributed by atoms with van der Waals surface area (Å²) in [6, 6.07) is 24.2. The molecule has 36 heavy (non-hydrogen) atoms. The summed E-state index contributed by atoms with van der Waals surface area (Å²) in [6.07, 6.45) is 0. The van der Waals surface area contributed by atoms with Crippen molar-refractivity contribution in [1.82, 2.24) is 14.8 Å². The Morgan fingerprint density at radius 1 is 0.972 bits per heavy atom. The van der Waals surface area contributed by atoms with Crippen molar-refractivity contribution in [2.75, 3.05) is 29.6 Å². The summed E-state index contributed by atoms with van der Waals surface area (Å²) < 4.78 is 13.0. The Kier molecular flexibility index (Phi) is 6.85. The van der Waals surface area contributed by atoms with Gasteiger partial charge in [-0.25, -0.2) is 0 Å². The molecular weight excluding hydrogens is 478 g/mol. The van der Waals surface area contributed by atoms with Gasteiger partial charge in [-0.2, -0.15) is 0 Å². The van der Waals surface area contributed by atoms with Gasteiger partial charge in [0.05, 0.1) is 24.2 Å². The van der Waals surface area contributed by atoms with Gasteiger partial charge < -0.3 is 19.7 Å². The Labute approximate surface area is 212 Å². The van der Waals surface area contributed by atoms with Gasteiger partial charge in [0.25, 0.3) is 0 Å². The number of aromatic nitrogens is 3. The van der Waals surface area contributed by atoms with E-state index in [0.717, 1.165) is 11.4 Å². The van der Waals surface area contributed by atoms with Crippen LogP contribution in [-0.2, 0) is 16.2 Å². The molecule has 5 rings (SSSR count). The predicted molar refractivity (Wildman–Crippen MR) is 137 cm³/mol. The van der Waals surface area contributed by atoms with Crippen LogP contribution in [0, 0.1) is 0 Å². The molecule has 0 spiro atoms. The molecule has 1 aliphatic rings. The zero-order valence-electron chi connectivity index (χ0n) is 19.5.